The molecule has 0 N–H and O–H groups in total. The van der Waals surface area contributed by atoms with Gasteiger partial charge in [0.25, 0.3) is 0 Å². The summed E-state index contributed by atoms with van der Waals surface area (Å²) in [5.41, 5.74) is 3.29. The van der Waals surface area contributed by atoms with Crippen molar-refractivity contribution in [3.05, 3.63) is 34.9 Å². The minimum absolute atomic E-state index is 0.335. The largest absolute Gasteiger partial charge is 0.297 e. The lowest BCUT2D eigenvalue weighted by atomic mass is 9.89. The second-order valence-corrected chi connectivity index (χ2v) is 6.70. The van der Waals surface area contributed by atoms with Gasteiger partial charge < -0.3 is 0 Å². The molecule has 110 valence electrons. The third kappa shape index (κ3) is 3.49. The van der Waals surface area contributed by atoms with Crippen molar-refractivity contribution < 1.29 is 4.79 Å². The number of ketones is 1. The highest BCUT2D eigenvalue weighted by Gasteiger charge is 2.34. The third-order valence-electron chi connectivity index (χ3n) is 4.48. The predicted octanol–water partition coefficient (Wildman–Crippen LogP) is 3.68. The maximum Gasteiger partial charge on any atom is 0.156 e. The van der Waals surface area contributed by atoms with Gasteiger partial charge in [-0.2, -0.15) is 0 Å². The van der Waals surface area contributed by atoms with Crippen LogP contribution < -0.4 is 0 Å². The minimum atomic E-state index is -0.335. The normalized spacial score (nSPS) is 17.2. The quantitative estimate of drug-likeness (QED) is 0.834. The van der Waals surface area contributed by atoms with Crippen LogP contribution in [0.25, 0.3) is 0 Å². The molecule has 2 rings (SSSR count). The molecule has 0 amide bonds. The Morgan fingerprint density at radius 1 is 1.05 bits per heavy atom. The molecule has 0 radical (unpaired) electrons. The van der Waals surface area contributed by atoms with Gasteiger partial charge in [-0.25, -0.2) is 0 Å². The average Bonchev–Trinajstić information content (AvgIpc) is 2.38. The summed E-state index contributed by atoms with van der Waals surface area (Å²) in [4.78, 5) is 15.1. The van der Waals surface area contributed by atoms with Gasteiger partial charge in [-0.3, -0.25) is 9.69 Å². The molecule has 1 aromatic carbocycles. The number of carbonyl (C=O) groups excluding carboxylic acids is 1. The van der Waals surface area contributed by atoms with Crippen LogP contribution in [0.5, 0.6) is 0 Å². The molecule has 1 aromatic rings. The maximum absolute atomic E-state index is 12.7. The van der Waals surface area contributed by atoms with Gasteiger partial charge in [-0.05, 0) is 59.2 Å². The third-order valence-corrected chi connectivity index (χ3v) is 4.48. The highest BCUT2D eigenvalue weighted by Crippen LogP contribution is 2.23. The fourth-order valence-corrected chi connectivity index (χ4v) is 3.20. The summed E-state index contributed by atoms with van der Waals surface area (Å²) in [5, 5.41) is 0. The Morgan fingerprint density at radius 3 is 2.15 bits per heavy atom. The number of hydrogen-bond acceptors (Lipinski definition) is 2. The molecule has 1 saturated heterocycles. The highest BCUT2D eigenvalue weighted by molar-refractivity contribution is 5.89. The number of likely N-dealkylation sites (tertiary alicyclic amines) is 1. The fourth-order valence-electron chi connectivity index (χ4n) is 3.20. The summed E-state index contributed by atoms with van der Waals surface area (Å²) in [7, 11) is 0. The zero-order chi connectivity index (χ0) is 14.8. The van der Waals surface area contributed by atoms with Gasteiger partial charge in [0.05, 0.1) is 5.54 Å². The summed E-state index contributed by atoms with van der Waals surface area (Å²) >= 11 is 0. The van der Waals surface area contributed by atoms with E-state index >= 15 is 0 Å². The van der Waals surface area contributed by atoms with Crippen LogP contribution in [0.3, 0.4) is 0 Å². The van der Waals surface area contributed by atoms with Gasteiger partial charge in [-0.1, -0.05) is 35.7 Å². The molecule has 1 heterocycles. The summed E-state index contributed by atoms with van der Waals surface area (Å²) in [6.45, 7) is 10.5. The predicted molar refractivity (Wildman–Crippen MR) is 84.1 cm³/mol. The molecule has 0 saturated carbocycles. The monoisotopic (exact) mass is 273 g/mol. The molecule has 1 aliphatic heterocycles. The second-order valence-electron chi connectivity index (χ2n) is 6.70. The number of nitrogens with zero attached hydrogens (tertiary/aromatic N) is 1. The van der Waals surface area contributed by atoms with E-state index in [0.29, 0.717) is 12.2 Å². The summed E-state index contributed by atoms with van der Waals surface area (Å²) in [6, 6.07) is 6.43. The first-order chi connectivity index (χ1) is 9.39. The molecule has 0 bridgehead atoms. The number of benzene rings is 1. The Bertz CT molecular complexity index is 464. The van der Waals surface area contributed by atoms with Gasteiger partial charge in [0.2, 0.25) is 0 Å². The van der Waals surface area contributed by atoms with Crippen LogP contribution in [0.1, 0.15) is 49.8 Å². The summed E-state index contributed by atoms with van der Waals surface area (Å²) in [5.74, 6) is 0.337. The topological polar surface area (TPSA) is 20.3 Å². The molecule has 1 aliphatic rings. The van der Waals surface area contributed by atoms with E-state index in [2.05, 4.69) is 50.8 Å². The lowest BCUT2D eigenvalue weighted by Crippen LogP contribution is -2.52. The number of rotatable bonds is 4. The summed E-state index contributed by atoms with van der Waals surface area (Å²) < 4.78 is 0. The lowest BCUT2D eigenvalue weighted by molar-refractivity contribution is -0.129. The van der Waals surface area contributed by atoms with Crippen LogP contribution in [-0.2, 0) is 11.2 Å². The lowest BCUT2D eigenvalue weighted by Gasteiger charge is -2.39. The number of aryl methyl sites for hydroxylation is 2. The molecule has 0 unspecified atom stereocenters. The number of Topliss-reactive ketones (excluding diaryl/α,β-unsaturated/α-hetero) is 1. The van der Waals surface area contributed by atoms with Crippen molar-refractivity contribution in [1.82, 2.24) is 4.90 Å². The smallest absolute Gasteiger partial charge is 0.156 e. The van der Waals surface area contributed by atoms with E-state index in [9.17, 15) is 4.79 Å². The second kappa shape index (κ2) is 6.09. The maximum atomic E-state index is 12.7. The number of hydrogen-bond donors (Lipinski definition) is 0. The first-order valence-corrected chi connectivity index (χ1v) is 7.75. The van der Waals surface area contributed by atoms with E-state index in [1.54, 1.807) is 0 Å². The molecule has 0 atom stereocenters. The van der Waals surface area contributed by atoms with Crippen molar-refractivity contribution in [3.63, 3.8) is 0 Å². The zero-order valence-corrected chi connectivity index (χ0v) is 13.3. The van der Waals surface area contributed by atoms with E-state index in [0.717, 1.165) is 18.7 Å². The average molecular weight is 273 g/mol. The Labute approximate surface area is 123 Å². The molecular weight excluding hydrogens is 246 g/mol. The van der Waals surface area contributed by atoms with Gasteiger partial charge in [0.1, 0.15) is 0 Å². The van der Waals surface area contributed by atoms with E-state index in [4.69, 9.17) is 0 Å². The Morgan fingerprint density at radius 2 is 1.60 bits per heavy atom. The minimum Gasteiger partial charge on any atom is -0.297 e. The van der Waals surface area contributed by atoms with Gasteiger partial charge in [0.15, 0.2) is 5.78 Å². The number of carbonyl (C=O) groups is 1. The van der Waals surface area contributed by atoms with Crippen molar-refractivity contribution in [1.29, 1.82) is 0 Å². The summed E-state index contributed by atoms with van der Waals surface area (Å²) in [6.07, 6.45) is 4.30. The van der Waals surface area contributed by atoms with E-state index in [1.807, 2.05) is 0 Å². The molecule has 0 aliphatic carbocycles. The van der Waals surface area contributed by atoms with Crippen LogP contribution in [-0.4, -0.2) is 29.3 Å². The van der Waals surface area contributed by atoms with Gasteiger partial charge >= 0.3 is 0 Å². The molecule has 1 fully saturated rings. The first kappa shape index (κ1) is 15.2. The van der Waals surface area contributed by atoms with Crippen LogP contribution in [0.2, 0.25) is 0 Å². The van der Waals surface area contributed by atoms with Crippen LogP contribution in [0.15, 0.2) is 18.2 Å². The van der Waals surface area contributed by atoms with Crippen molar-refractivity contribution in [2.45, 2.75) is 58.9 Å². The molecule has 20 heavy (non-hydrogen) atoms. The van der Waals surface area contributed by atoms with Crippen molar-refractivity contribution in [3.8, 4) is 0 Å². The molecule has 2 nitrogen and oxygen atoms in total. The standard InChI is InChI=1S/C18H27NO/c1-14-10-15(2)12-16(11-14)13-17(20)18(3,4)19-8-6-5-7-9-19/h10-12H,5-9,13H2,1-4H3. The van der Waals surface area contributed by atoms with E-state index < -0.39 is 0 Å². The zero-order valence-electron chi connectivity index (χ0n) is 13.3. The van der Waals surface area contributed by atoms with Crippen LogP contribution >= 0.6 is 0 Å². The molecular formula is C18H27NO. The molecule has 2 heteroatoms. The van der Waals surface area contributed by atoms with Gasteiger partial charge in [0, 0.05) is 6.42 Å². The van der Waals surface area contributed by atoms with Crippen molar-refractivity contribution >= 4 is 5.78 Å². The SMILES string of the molecule is Cc1cc(C)cc(CC(=O)C(C)(C)N2CCCCC2)c1. The van der Waals surface area contributed by atoms with E-state index in [-0.39, 0.29) is 5.54 Å². The van der Waals surface area contributed by atoms with Gasteiger partial charge in [-0.15, -0.1) is 0 Å². The van der Waals surface area contributed by atoms with Crippen LogP contribution in [0.4, 0.5) is 0 Å². The van der Waals surface area contributed by atoms with Crippen molar-refractivity contribution in [2.75, 3.05) is 13.1 Å². The first-order valence-electron chi connectivity index (χ1n) is 7.75. The van der Waals surface area contributed by atoms with Crippen LogP contribution in [0, 0.1) is 13.8 Å². The fraction of sp³-hybridized carbons (Fsp3) is 0.611. The number of piperidine rings is 1. The van der Waals surface area contributed by atoms with E-state index in [1.165, 1.54) is 30.4 Å². The Kier molecular flexibility index (Phi) is 4.64. The Hall–Kier alpha value is -1.15. The molecule has 0 aromatic heterocycles. The van der Waals surface area contributed by atoms with Crippen molar-refractivity contribution in [2.24, 2.45) is 0 Å². The highest BCUT2D eigenvalue weighted by atomic mass is 16.1. The Balaban J connectivity index is 2.09. The molecule has 0 spiro atoms.